The molecule has 180 valence electrons. The molecule has 1 aliphatic rings. The maximum atomic E-state index is 12.2. The molecule has 1 aromatic carbocycles. The molecule has 2 N–H and O–H groups in total. The van der Waals surface area contributed by atoms with Gasteiger partial charge >= 0.3 is 0 Å². The van der Waals surface area contributed by atoms with Crippen LogP contribution >= 0.6 is 23.4 Å². The highest BCUT2D eigenvalue weighted by Crippen LogP contribution is 2.42. The number of halogens is 1. The molecule has 0 bridgehead atoms. The number of nitrogens with one attached hydrogen (secondary N) is 1. The minimum Gasteiger partial charge on any atom is -0.433 e. The molecular formula is C26H30ClN3O3S. The van der Waals surface area contributed by atoms with Crippen LogP contribution in [0, 0.1) is 5.92 Å². The van der Waals surface area contributed by atoms with E-state index >= 15 is 0 Å². The SMILES string of the molecule is CCNC(=O)[C@H]1CC[C@H](c2nc(-c3ccc(C(C)(C)O)nc3)c(Sc3ccc(Cl)cc3)o2)CC1. The first-order valence-corrected chi connectivity index (χ1v) is 12.8. The second-order valence-corrected chi connectivity index (χ2v) is 10.7. The minimum absolute atomic E-state index is 0.0622. The topological polar surface area (TPSA) is 88.2 Å². The molecule has 2 aromatic heterocycles. The summed E-state index contributed by atoms with van der Waals surface area (Å²) in [5.74, 6) is 1.08. The molecule has 2 heterocycles. The van der Waals surface area contributed by atoms with Gasteiger partial charge in [-0.15, -0.1) is 0 Å². The van der Waals surface area contributed by atoms with Crippen molar-refractivity contribution >= 4 is 29.3 Å². The first kappa shape index (κ1) is 24.8. The van der Waals surface area contributed by atoms with Crippen LogP contribution in [-0.2, 0) is 10.4 Å². The van der Waals surface area contributed by atoms with Gasteiger partial charge in [-0.25, -0.2) is 4.98 Å². The van der Waals surface area contributed by atoms with Crippen molar-refractivity contribution in [1.29, 1.82) is 0 Å². The van der Waals surface area contributed by atoms with Crippen LogP contribution in [0.2, 0.25) is 5.02 Å². The van der Waals surface area contributed by atoms with Crippen LogP contribution < -0.4 is 5.32 Å². The number of hydrogen-bond donors (Lipinski definition) is 2. The maximum absolute atomic E-state index is 12.2. The van der Waals surface area contributed by atoms with Gasteiger partial charge in [0, 0.05) is 40.1 Å². The molecular weight excluding hydrogens is 470 g/mol. The fourth-order valence-electron chi connectivity index (χ4n) is 4.17. The average molecular weight is 500 g/mol. The van der Waals surface area contributed by atoms with E-state index in [4.69, 9.17) is 21.0 Å². The number of hydrogen-bond acceptors (Lipinski definition) is 6. The lowest BCUT2D eigenvalue weighted by molar-refractivity contribution is -0.125. The lowest BCUT2D eigenvalue weighted by Crippen LogP contribution is -2.32. The number of carbonyl (C=O) groups is 1. The summed E-state index contributed by atoms with van der Waals surface area (Å²) in [5, 5.41) is 14.6. The summed E-state index contributed by atoms with van der Waals surface area (Å²) in [6.45, 7) is 6.03. The Labute approximate surface area is 209 Å². The summed E-state index contributed by atoms with van der Waals surface area (Å²) < 4.78 is 6.32. The Morgan fingerprint density at radius 3 is 2.47 bits per heavy atom. The van der Waals surface area contributed by atoms with Gasteiger partial charge in [0.15, 0.2) is 11.0 Å². The first-order valence-electron chi connectivity index (χ1n) is 11.7. The molecule has 34 heavy (non-hydrogen) atoms. The second-order valence-electron chi connectivity index (χ2n) is 9.18. The summed E-state index contributed by atoms with van der Waals surface area (Å²) in [4.78, 5) is 22.6. The van der Waals surface area contributed by atoms with Crippen LogP contribution in [0.4, 0.5) is 0 Å². The highest BCUT2D eigenvalue weighted by Gasteiger charge is 2.31. The highest BCUT2D eigenvalue weighted by molar-refractivity contribution is 7.99. The molecule has 0 saturated heterocycles. The largest absolute Gasteiger partial charge is 0.433 e. The van der Waals surface area contributed by atoms with Gasteiger partial charge in [-0.2, -0.15) is 0 Å². The van der Waals surface area contributed by atoms with Crippen LogP contribution in [0.5, 0.6) is 0 Å². The molecule has 1 saturated carbocycles. The predicted molar refractivity (Wildman–Crippen MR) is 134 cm³/mol. The number of oxazole rings is 1. The third-order valence-electron chi connectivity index (χ3n) is 6.10. The Kier molecular flexibility index (Phi) is 7.65. The van der Waals surface area contributed by atoms with Gasteiger partial charge in [0.1, 0.15) is 11.3 Å². The summed E-state index contributed by atoms with van der Waals surface area (Å²) in [7, 11) is 0. The van der Waals surface area contributed by atoms with E-state index in [1.165, 1.54) is 11.8 Å². The molecule has 1 amide bonds. The van der Waals surface area contributed by atoms with Crippen molar-refractivity contribution in [2.24, 2.45) is 5.92 Å². The minimum atomic E-state index is -1.02. The van der Waals surface area contributed by atoms with E-state index in [-0.39, 0.29) is 17.7 Å². The normalized spacial score (nSPS) is 18.6. The van der Waals surface area contributed by atoms with Gasteiger partial charge < -0.3 is 14.8 Å². The van der Waals surface area contributed by atoms with E-state index < -0.39 is 5.60 Å². The summed E-state index contributed by atoms with van der Waals surface area (Å²) in [6.07, 6.45) is 5.11. The van der Waals surface area contributed by atoms with E-state index in [2.05, 4.69) is 10.3 Å². The van der Waals surface area contributed by atoms with Crippen molar-refractivity contribution in [2.45, 2.75) is 68.0 Å². The standard InChI is InChI=1S/C26H30ClN3O3S/c1-4-28-23(31)16-5-7-17(8-6-16)24-30-22(18-9-14-21(29-15-18)26(2,3)32)25(33-24)34-20-12-10-19(27)11-13-20/h9-17,32H,4-8H2,1-3H3,(H,28,31)/t16-,17-. The second kappa shape index (κ2) is 10.5. The molecule has 0 atom stereocenters. The third kappa shape index (κ3) is 5.82. The van der Waals surface area contributed by atoms with E-state index in [9.17, 15) is 9.90 Å². The Morgan fingerprint density at radius 1 is 1.18 bits per heavy atom. The molecule has 8 heteroatoms. The summed E-state index contributed by atoms with van der Waals surface area (Å²) in [5.41, 5.74) is 1.14. The van der Waals surface area contributed by atoms with Crippen LogP contribution in [0.3, 0.4) is 0 Å². The summed E-state index contributed by atoms with van der Waals surface area (Å²) in [6, 6.07) is 11.3. The summed E-state index contributed by atoms with van der Waals surface area (Å²) >= 11 is 7.55. The van der Waals surface area contributed by atoms with E-state index in [1.54, 1.807) is 20.0 Å². The van der Waals surface area contributed by atoms with Gasteiger partial charge in [-0.3, -0.25) is 9.78 Å². The van der Waals surface area contributed by atoms with Crippen molar-refractivity contribution in [1.82, 2.24) is 15.3 Å². The Bertz CT molecular complexity index is 1120. The predicted octanol–water partition coefficient (Wildman–Crippen LogP) is 6.18. The molecule has 3 aromatic rings. The van der Waals surface area contributed by atoms with Crippen molar-refractivity contribution < 1.29 is 14.3 Å². The molecule has 1 fully saturated rings. The van der Waals surface area contributed by atoms with E-state index in [0.29, 0.717) is 28.2 Å². The molecule has 1 aliphatic carbocycles. The van der Waals surface area contributed by atoms with Gasteiger partial charge in [-0.1, -0.05) is 11.6 Å². The zero-order valence-corrected chi connectivity index (χ0v) is 21.2. The molecule has 0 radical (unpaired) electrons. The van der Waals surface area contributed by atoms with Gasteiger partial charge in [-0.05, 0) is 94.6 Å². The molecule has 0 spiro atoms. The number of nitrogens with zero attached hydrogens (tertiary/aromatic N) is 2. The fourth-order valence-corrected chi connectivity index (χ4v) is 5.17. The number of amides is 1. The van der Waals surface area contributed by atoms with Crippen molar-refractivity contribution in [3.05, 3.63) is 59.2 Å². The number of aromatic nitrogens is 2. The quantitative estimate of drug-likeness (QED) is 0.403. The zero-order chi connectivity index (χ0) is 24.3. The Hall–Kier alpha value is -2.35. The average Bonchev–Trinajstić information content (AvgIpc) is 3.24. The van der Waals surface area contributed by atoms with Gasteiger partial charge in [0.05, 0.1) is 5.69 Å². The van der Waals surface area contributed by atoms with Crippen LogP contribution in [-0.4, -0.2) is 27.5 Å². The van der Waals surface area contributed by atoms with Crippen molar-refractivity contribution in [2.75, 3.05) is 6.54 Å². The monoisotopic (exact) mass is 499 g/mol. The van der Waals surface area contributed by atoms with Crippen LogP contribution in [0.15, 0.2) is 57.0 Å². The third-order valence-corrected chi connectivity index (χ3v) is 7.32. The lowest BCUT2D eigenvalue weighted by atomic mass is 9.81. The molecule has 0 aliphatic heterocycles. The Morgan fingerprint density at radius 2 is 1.88 bits per heavy atom. The lowest BCUT2D eigenvalue weighted by Gasteiger charge is -2.25. The molecule has 6 nitrogen and oxygen atoms in total. The maximum Gasteiger partial charge on any atom is 0.223 e. The number of rotatable bonds is 7. The van der Waals surface area contributed by atoms with Crippen molar-refractivity contribution in [3.8, 4) is 11.3 Å². The van der Waals surface area contributed by atoms with E-state index in [1.807, 2.05) is 43.3 Å². The molecule has 0 unspecified atom stereocenters. The van der Waals surface area contributed by atoms with Gasteiger partial charge in [0.2, 0.25) is 5.91 Å². The Balaban J connectivity index is 1.61. The van der Waals surface area contributed by atoms with E-state index in [0.717, 1.165) is 41.8 Å². The number of pyridine rings is 1. The smallest absolute Gasteiger partial charge is 0.223 e. The molecule has 4 rings (SSSR count). The first-order chi connectivity index (χ1) is 16.2. The highest BCUT2D eigenvalue weighted by atomic mass is 35.5. The zero-order valence-electron chi connectivity index (χ0n) is 19.7. The van der Waals surface area contributed by atoms with Crippen LogP contribution in [0.25, 0.3) is 11.3 Å². The number of benzene rings is 1. The number of carbonyl (C=O) groups excluding carboxylic acids is 1. The van der Waals surface area contributed by atoms with Crippen molar-refractivity contribution in [3.63, 3.8) is 0 Å². The fraction of sp³-hybridized carbons (Fsp3) is 0.423. The van der Waals surface area contributed by atoms with Gasteiger partial charge in [0.25, 0.3) is 0 Å². The number of aliphatic hydroxyl groups is 1. The van der Waals surface area contributed by atoms with Crippen LogP contribution in [0.1, 0.15) is 64.0 Å².